The first-order valence-electron chi connectivity index (χ1n) is 22.6. The number of nitrogen functional groups attached to an aromatic ring is 1. The van der Waals surface area contributed by atoms with Gasteiger partial charge in [-0.3, -0.25) is 29.7 Å². The molecule has 0 bridgehead atoms. The van der Waals surface area contributed by atoms with Crippen LogP contribution in [-0.4, -0.2) is 51.6 Å². The molecule has 4 heterocycles. The van der Waals surface area contributed by atoms with Gasteiger partial charge in [0.05, 0.1) is 15.4 Å². The fourth-order valence-electron chi connectivity index (χ4n) is 7.66. The van der Waals surface area contributed by atoms with Crippen molar-refractivity contribution in [2.45, 2.75) is 27.7 Å². The summed E-state index contributed by atoms with van der Waals surface area (Å²) in [5.41, 5.74) is 18.3. The van der Waals surface area contributed by atoms with Crippen molar-refractivity contribution in [3.8, 4) is 34.4 Å². The third kappa shape index (κ3) is 11.5. The van der Waals surface area contributed by atoms with Gasteiger partial charge in [0.1, 0.15) is 22.2 Å². The lowest BCUT2D eigenvalue weighted by Crippen LogP contribution is -2.16. The van der Waals surface area contributed by atoms with E-state index in [1.54, 1.807) is 32.3 Å². The van der Waals surface area contributed by atoms with Crippen LogP contribution in [-0.2, 0) is 7.05 Å². The molecule has 7 aromatic carbocycles. The van der Waals surface area contributed by atoms with E-state index in [9.17, 15) is 29.8 Å². The molecule has 0 atom stereocenters. The van der Waals surface area contributed by atoms with Crippen molar-refractivity contribution in [3.05, 3.63) is 212 Å². The molecule has 1 amide bonds. The van der Waals surface area contributed by atoms with Gasteiger partial charge < -0.3 is 29.4 Å². The second-order valence-electron chi connectivity index (χ2n) is 16.7. The lowest BCUT2D eigenvalue weighted by Gasteiger charge is -2.08. The van der Waals surface area contributed by atoms with Crippen LogP contribution in [0.4, 0.5) is 22.7 Å². The fraction of sp³-hybridized carbons (Fsp3) is 0.0909. The van der Waals surface area contributed by atoms with Crippen molar-refractivity contribution in [2.75, 3.05) is 11.1 Å². The zero-order valence-corrected chi connectivity index (χ0v) is 40.3. The highest BCUT2D eigenvalue weighted by Crippen LogP contribution is 2.31. The normalized spacial score (nSPS) is 10.7. The maximum Gasteiger partial charge on any atom is 0.335 e. The van der Waals surface area contributed by atoms with Gasteiger partial charge in [-0.2, -0.15) is 5.10 Å². The van der Waals surface area contributed by atoms with Gasteiger partial charge in [-0.05, 0) is 141 Å². The van der Waals surface area contributed by atoms with E-state index in [2.05, 4.69) is 25.4 Å². The molecule has 0 radical (unpaired) electrons. The van der Waals surface area contributed by atoms with E-state index in [0.717, 1.165) is 66.8 Å². The largest absolute Gasteiger partial charge is 0.478 e. The number of nitrogens with zero attached hydrogens (tertiary/aromatic N) is 7. The highest BCUT2D eigenvalue weighted by atomic mass is 16.6. The molecule has 11 aromatic rings. The molecule has 370 valence electrons. The Morgan fingerprint density at radius 1 is 0.568 bits per heavy atom. The number of carbonyl (C=O) groups excluding carboxylic acids is 1. The molecule has 74 heavy (non-hydrogen) atoms. The summed E-state index contributed by atoms with van der Waals surface area (Å²) in [5.74, 6) is 0.418. The number of nitrogens with two attached hydrogens (primary N) is 1. The molecular formula is C55H45N9O10. The van der Waals surface area contributed by atoms with Crippen LogP contribution in [0.15, 0.2) is 171 Å². The molecule has 11 rings (SSSR count). The molecule has 0 fully saturated rings. The molecule has 19 nitrogen and oxygen atoms in total. The lowest BCUT2D eigenvalue weighted by atomic mass is 10.1. The number of aromatic nitrogens is 5. The number of fused-ring (bicyclic) bond motifs is 3. The zero-order valence-electron chi connectivity index (χ0n) is 40.3. The minimum atomic E-state index is -1.08. The van der Waals surface area contributed by atoms with Gasteiger partial charge in [0.25, 0.3) is 17.3 Å². The number of non-ortho nitro benzene ring substituents is 2. The Morgan fingerprint density at radius 3 is 1.41 bits per heavy atom. The molecule has 0 spiro atoms. The first-order valence-corrected chi connectivity index (χ1v) is 22.6. The van der Waals surface area contributed by atoms with Crippen LogP contribution in [0.5, 0.6) is 0 Å². The van der Waals surface area contributed by atoms with Crippen LogP contribution < -0.4 is 11.1 Å². The smallest absolute Gasteiger partial charge is 0.335 e. The summed E-state index contributed by atoms with van der Waals surface area (Å²) < 4.78 is 18.7. The van der Waals surface area contributed by atoms with Crippen LogP contribution in [0.2, 0.25) is 0 Å². The number of carboxylic acid groups (broad SMARTS) is 1. The van der Waals surface area contributed by atoms with E-state index < -0.39 is 15.8 Å². The highest BCUT2D eigenvalue weighted by Gasteiger charge is 2.17. The molecule has 19 heteroatoms. The minimum absolute atomic E-state index is 0.0670. The molecule has 0 unspecified atom stereocenters. The average Bonchev–Trinajstić information content (AvgIpc) is 4.20. The molecule has 0 saturated heterocycles. The second-order valence-corrected chi connectivity index (χ2v) is 16.7. The van der Waals surface area contributed by atoms with E-state index in [1.165, 1.54) is 41.9 Å². The van der Waals surface area contributed by atoms with E-state index in [0.29, 0.717) is 40.2 Å². The third-order valence-electron chi connectivity index (χ3n) is 11.4. The number of rotatable bonds is 8. The van der Waals surface area contributed by atoms with E-state index >= 15 is 0 Å². The summed E-state index contributed by atoms with van der Waals surface area (Å²) in [4.78, 5) is 56.2. The van der Waals surface area contributed by atoms with E-state index in [-0.39, 0.29) is 22.8 Å². The third-order valence-corrected chi connectivity index (χ3v) is 11.4. The van der Waals surface area contributed by atoms with Gasteiger partial charge in [-0.25, -0.2) is 19.7 Å². The number of anilines is 2. The Kier molecular flexibility index (Phi) is 14.7. The van der Waals surface area contributed by atoms with Crippen molar-refractivity contribution in [2.24, 2.45) is 7.05 Å². The summed E-state index contributed by atoms with van der Waals surface area (Å²) in [7, 11) is 1.73. The number of amides is 1. The van der Waals surface area contributed by atoms with E-state index in [1.807, 2.05) is 123 Å². The molecule has 0 aliphatic carbocycles. The van der Waals surface area contributed by atoms with Crippen LogP contribution in [0, 0.1) is 47.9 Å². The number of oxazole rings is 3. The number of para-hydroxylation sites is 6. The molecule has 0 aliphatic rings. The fourth-order valence-corrected chi connectivity index (χ4v) is 7.66. The van der Waals surface area contributed by atoms with Gasteiger partial charge >= 0.3 is 5.97 Å². The Balaban J connectivity index is 0.000000135. The summed E-state index contributed by atoms with van der Waals surface area (Å²) in [5, 5.41) is 36.5. The standard InChI is InChI=1S/C19H16N4O2.C14H10N2O3.C14H12N2O.C8H7NO4/c1-12-11-13(21-18(24)16-9-10-20-23(16)2)7-8-14(12)19-22-15-5-3-4-6-17(15)25-19;1-9-8-10(16(17)18)6-7-11(9)14-15-12-4-2-3-5-13(12)19-14;1-9-8-10(15)6-7-11(9)14-16-12-4-2-3-5-13(12)17-14;1-5-4-6(9(12)13)2-3-7(5)8(10)11/h3-11H,1-2H3,(H,21,24);2-8H,1H3;2-8H,15H2,1H3;2-4H,1H3,(H,10,11). The Hall–Kier alpha value is -10.3. The summed E-state index contributed by atoms with van der Waals surface area (Å²) in [6.07, 6.45) is 1.59. The summed E-state index contributed by atoms with van der Waals surface area (Å²) >= 11 is 0. The first kappa shape index (κ1) is 50.1. The number of benzene rings is 7. The van der Waals surface area contributed by atoms with Gasteiger partial charge in [-0.15, -0.1) is 0 Å². The number of nitrogens with one attached hydrogen (secondary N) is 1. The Bertz CT molecular complexity index is 3790. The highest BCUT2D eigenvalue weighted by molar-refractivity contribution is 6.03. The minimum Gasteiger partial charge on any atom is -0.478 e. The maximum atomic E-state index is 12.3. The molecule has 4 aromatic heterocycles. The van der Waals surface area contributed by atoms with Crippen LogP contribution >= 0.6 is 0 Å². The quantitative estimate of drug-likeness (QED) is 0.0725. The monoisotopic (exact) mass is 991 g/mol. The zero-order chi connectivity index (χ0) is 52.6. The number of carbonyl (C=O) groups is 2. The number of aryl methyl sites for hydroxylation is 5. The number of aromatic carboxylic acids is 1. The number of hydrogen-bond acceptors (Lipinski definition) is 14. The van der Waals surface area contributed by atoms with Gasteiger partial charge in [0, 0.05) is 65.6 Å². The van der Waals surface area contributed by atoms with Crippen molar-refractivity contribution in [1.82, 2.24) is 24.7 Å². The molecule has 0 aliphatic heterocycles. The Morgan fingerprint density at radius 2 is 1.00 bits per heavy atom. The van der Waals surface area contributed by atoms with Crippen LogP contribution in [0.25, 0.3) is 67.7 Å². The predicted octanol–water partition coefficient (Wildman–Crippen LogP) is 12.5. The van der Waals surface area contributed by atoms with Crippen LogP contribution in [0.1, 0.15) is 43.1 Å². The number of carboxylic acids is 1. The number of nitro benzene ring substituents is 2. The molecule has 0 saturated carbocycles. The van der Waals surface area contributed by atoms with Gasteiger partial charge in [-0.1, -0.05) is 36.4 Å². The predicted molar refractivity (Wildman–Crippen MR) is 280 cm³/mol. The molecular weight excluding hydrogens is 947 g/mol. The topological polar surface area (TPSA) is 275 Å². The van der Waals surface area contributed by atoms with Crippen molar-refractivity contribution >= 4 is 67.9 Å². The number of nitro groups is 2. The first-order chi connectivity index (χ1) is 35.5. The maximum absolute atomic E-state index is 12.3. The van der Waals surface area contributed by atoms with Crippen molar-refractivity contribution in [1.29, 1.82) is 0 Å². The van der Waals surface area contributed by atoms with Crippen molar-refractivity contribution in [3.63, 3.8) is 0 Å². The lowest BCUT2D eigenvalue weighted by molar-refractivity contribution is -0.385. The second kappa shape index (κ2) is 21.8. The Labute approximate surface area is 420 Å². The van der Waals surface area contributed by atoms with Gasteiger partial charge in [0.2, 0.25) is 17.7 Å². The number of hydrogen-bond donors (Lipinski definition) is 3. The SMILES string of the molecule is Cc1cc(N)ccc1-c1nc2ccccc2o1.Cc1cc(NC(=O)c2ccnn2C)ccc1-c1nc2ccccc2o1.Cc1cc([N+](=O)[O-])ccc1-c1nc2ccccc2o1.Cc1cc([N+](=O)[O-])ccc1C(=O)O. The van der Waals surface area contributed by atoms with Crippen molar-refractivity contribution < 1.29 is 37.8 Å². The van der Waals surface area contributed by atoms with E-state index in [4.69, 9.17) is 24.1 Å². The van der Waals surface area contributed by atoms with Crippen LogP contribution in [0.3, 0.4) is 0 Å². The summed E-state index contributed by atoms with van der Waals surface area (Å²) in [6.45, 7) is 7.29. The molecule has 4 N–H and O–H groups in total. The summed E-state index contributed by atoms with van der Waals surface area (Å²) in [6, 6.07) is 44.2. The average molecular weight is 992 g/mol. The van der Waals surface area contributed by atoms with Gasteiger partial charge in [0.15, 0.2) is 16.7 Å².